The molecule has 0 aromatic heterocycles. The van der Waals surface area contributed by atoms with Crippen LogP contribution < -0.4 is 0 Å². The first-order chi connectivity index (χ1) is 7.63. The lowest BCUT2D eigenvalue weighted by molar-refractivity contribution is -0.146. The van der Waals surface area contributed by atoms with Crippen molar-refractivity contribution in [3.8, 4) is 0 Å². The van der Waals surface area contributed by atoms with E-state index in [0.29, 0.717) is 6.61 Å². The molecule has 0 aliphatic rings. The van der Waals surface area contributed by atoms with E-state index in [2.05, 4.69) is 0 Å². The molecule has 0 saturated heterocycles. The topological polar surface area (TPSA) is 63.6 Å². The zero-order chi connectivity index (χ0) is 12.0. The van der Waals surface area contributed by atoms with Crippen LogP contribution in [0.4, 0.5) is 0 Å². The van der Waals surface area contributed by atoms with Crippen molar-refractivity contribution < 1.29 is 19.4 Å². The van der Waals surface area contributed by atoms with Crippen molar-refractivity contribution in [2.45, 2.75) is 6.61 Å². The van der Waals surface area contributed by atoms with Crippen LogP contribution in [0.1, 0.15) is 11.1 Å². The van der Waals surface area contributed by atoms with Crippen molar-refractivity contribution in [2.75, 3.05) is 7.11 Å². The van der Waals surface area contributed by atoms with E-state index < -0.39 is 11.8 Å². The molecule has 1 aromatic rings. The molecule has 16 heavy (non-hydrogen) atoms. The molecule has 0 aliphatic heterocycles. The second-order valence-corrected chi connectivity index (χ2v) is 3.18. The molecule has 0 unspecified atom stereocenters. The summed E-state index contributed by atoms with van der Waals surface area (Å²) in [4.78, 5) is 21.1. The Hall–Kier alpha value is -1.94. The minimum Gasteiger partial charge on any atom is -0.475 e. The van der Waals surface area contributed by atoms with Crippen LogP contribution in [0.25, 0.3) is 6.08 Å². The van der Waals surface area contributed by atoms with Gasteiger partial charge in [-0.15, -0.1) is 0 Å². The number of carbonyl (C=O) groups excluding carboxylic acids is 1. The van der Waals surface area contributed by atoms with E-state index in [1.807, 2.05) is 18.2 Å². The van der Waals surface area contributed by atoms with Gasteiger partial charge in [0.15, 0.2) is 0 Å². The molecule has 1 N–H and O–H groups in total. The summed E-state index contributed by atoms with van der Waals surface area (Å²) in [5.41, 5.74) is 1.73. The van der Waals surface area contributed by atoms with E-state index in [0.717, 1.165) is 17.2 Å². The number of ether oxygens (including phenoxy) is 1. The van der Waals surface area contributed by atoms with E-state index in [4.69, 9.17) is 9.84 Å². The van der Waals surface area contributed by atoms with Gasteiger partial charge in [-0.25, -0.2) is 4.79 Å². The first-order valence-corrected chi connectivity index (χ1v) is 4.66. The number of rotatable bonds is 5. The van der Waals surface area contributed by atoms with Crippen LogP contribution in [0.2, 0.25) is 0 Å². The van der Waals surface area contributed by atoms with Crippen LogP contribution >= 0.6 is 0 Å². The van der Waals surface area contributed by atoms with Gasteiger partial charge in [-0.05, 0) is 23.3 Å². The maximum absolute atomic E-state index is 10.8. The molecule has 0 saturated carbocycles. The van der Waals surface area contributed by atoms with Crippen LogP contribution in [0.3, 0.4) is 0 Å². The Balaban J connectivity index is 2.77. The third kappa shape index (κ3) is 3.67. The lowest BCUT2D eigenvalue weighted by Gasteiger charge is -2.00. The van der Waals surface area contributed by atoms with Gasteiger partial charge in [0.05, 0.1) is 6.61 Å². The minimum absolute atomic E-state index is 0.481. The number of aliphatic carboxylic acids is 1. The second-order valence-electron chi connectivity index (χ2n) is 3.18. The van der Waals surface area contributed by atoms with Crippen molar-refractivity contribution in [3.63, 3.8) is 0 Å². The Morgan fingerprint density at radius 1 is 1.44 bits per heavy atom. The van der Waals surface area contributed by atoms with Crippen LogP contribution in [0.5, 0.6) is 0 Å². The highest BCUT2D eigenvalue weighted by atomic mass is 16.5. The average Bonchev–Trinajstić information content (AvgIpc) is 2.26. The molecule has 0 aliphatic carbocycles. The van der Waals surface area contributed by atoms with Crippen molar-refractivity contribution >= 4 is 17.8 Å². The van der Waals surface area contributed by atoms with Crippen molar-refractivity contribution in [1.82, 2.24) is 0 Å². The highest BCUT2D eigenvalue weighted by Crippen LogP contribution is 2.08. The van der Waals surface area contributed by atoms with Gasteiger partial charge in [0.1, 0.15) is 0 Å². The number of ketones is 1. The van der Waals surface area contributed by atoms with Gasteiger partial charge in [0.25, 0.3) is 5.78 Å². The van der Waals surface area contributed by atoms with Crippen LogP contribution in [-0.2, 0) is 20.9 Å². The fourth-order valence-electron chi connectivity index (χ4n) is 1.20. The number of methoxy groups -OCH3 is 1. The monoisotopic (exact) mass is 220 g/mol. The molecular formula is C12H12O4. The molecule has 4 nitrogen and oxygen atoms in total. The standard InChI is InChI=1S/C12H12O4/c1-16-8-10-4-2-3-9(7-10)5-6-11(13)12(14)15/h2-7H,8H2,1H3,(H,14,15)/b6-5+. The minimum atomic E-state index is -1.45. The van der Waals surface area contributed by atoms with Gasteiger partial charge in [-0.3, -0.25) is 4.79 Å². The summed E-state index contributed by atoms with van der Waals surface area (Å²) < 4.78 is 4.96. The molecule has 0 amide bonds. The summed E-state index contributed by atoms with van der Waals surface area (Å²) in [6, 6.07) is 7.32. The number of hydrogen-bond acceptors (Lipinski definition) is 3. The summed E-state index contributed by atoms with van der Waals surface area (Å²) in [6.45, 7) is 0.481. The molecule has 1 rings (SSSR count). The Bertz CT molecular complexity index is 421. The Morgan fingerprint density at radius 3 is 2.81 bits per heavy atom. The maximum Gasteiger partial charge on any atom is 0.376 e. The normalized spacial score (nSPS) is 10.6. The molecular weight excluding hydrogens is 208 g/mol. The van der Waals surface area contributed by atoms with Gasteiger partial charge < -0.3 is 9.84 Å². The number of carbonyl (C=O) groups is 2. The Morgan fingerprint density at radius 2 is 2.19 bits per heavy atom. The lowest BCUT2D eigenvalue weighted by atomic mass is 10.1. The highest BCUT2D eigenvalue weighted by molar-refractivity contribution is 6.38. The SMILES string of the molecule is COCc1cccc(/C=C/C(=O)C(=O)O)c1. The zero-order valence-corrected chi connectivity index (χ0v) is 8.84. The van der Waals surface area contributed by atoms with Crippen LogP contribution in [0.15, 0.2) is 30.3 Å². The molecule has 0 heterocycles. The van der Waals surface area contributed by atoms with Crippen LogP contribution in [0, 0.1) is 0 Å². The molecule has 0 radical (unpaired) electrons. The van der Waals surface area contributed by atoms with E-state index in [-0.39, 0.29) is 0 Å². The average molecular weight is 220 g/mol. The van der Waals surface area contributed by atoms with Gasteiger partial charge in [-0.1, -0.05) is 24.3 Å². The highest BCUT2D eigenvalue weighted by Gasteiger charge is 2.05. The largest absolute Gasteiger partial charge is 0.475 e. The summed E-state index contributed by atoms with van der Waals surface area (Å²) in [5, 5.41) is 8.38. The first kappa shape index (κ1) is 12.1. The summed E-state index contributed by atoms with van der Waals surface area (Å²) >= 11 is 0. The van der Waals surface area contributed by atoms with Crippen molar-refractivity contribution in [3.05, 3.63) is 41.5 Å². The fourth-order valence-corrected chi connectivity index (χ4v) is 1.20. The van der Waals surface area contributed by atoms with E-state index >= 15 is 0 Å². The number of benzene rings is 1. The molecule has 0 bridgehead atoms. The number of hydrogen-bond donors (Lipinski definition) is 1. The van der Waals surface area contributed by atoms with Gasteiger partial charge in [0, 0.05) is 7.11 Å². The third-order valence-electron chi connectivity index (χ3n) is 1.90. The van der Waals surface area contributed by atoms with E-state index in [1.165, 1.54) is 6.08 Å². The number of carboxylic acid groups (broad SMARTS) is 1. The summed E-state index contributed by atoms with van der Waals surface area (Å²) in [7, 11) is 1.59. The summed E-state index contributed by atoms with van der Waals surface area (Å²) in [6.07, 6.45) is 2.50. The van der Waals surface area contributed by atoms with Crippen molar-refractivity contribution in [1.29, 1.82) is 0 Å². The van der Waals surface area contributed by atoms with Gasteiger partial charge >= 0.3 is 5.97 Å². The van der Waals surface area contributed by atoms with Crippen LogP contribution in [-0.4, -0.2) is 24.0 Å². The van der Waals surface area contributed by atoms with Crippen molar-refractivity contribution in [2.24, 2.45) is 0 Å². The first-order valence-electron chi connectivity index (χ1n) is 4.66. The fraction of sp³-hybridized carbons (Fsp3) is 0.167. The summed E-state index contributed by atoms with van der Waals surface area (Å²) in [5.74, 6) is -2.39. The van der Waals surface area contributed by atoms with E-state index in [1.54, 1.807) is 13.2 Å². The Kier molecular flexibility index (Phi) is 4.42. The predicted molar refractivity (Wildman–Crippen MR) is 58.8 cm³/mol. The quantitative estimate of drug-likeness (QED) is 0.603. The third-order valence-corrected chi connectivity index (χ3v) is 1.90. The molecule has 4 heteroatoms. The molecule has 1 aromatic carbocycles. The lowest BCUT2D eigenvalue weighted by Crippen LogP contribution is -2.08. The Labute approximate surface area is 93.2 Å². The molecule has 0 atom stereocenters. The van der Waals surface area contributed by atoms with Gasteiger partial charge in [0.2, 0.25) is 0 Å². The zero-order valence-electron chi connectivity index (χ0n) is 8.84. The molecule has 0 spiro atoms. The van der Waals surface area contributed by atoms with Gasteiger partial charge in [-0.2, -0.15) is 0 Å². The maximum atomic E-state index is 10.8. The second kappa shape index (κ2) is 5.82. The predicted octanol–water partition coefficient (Wildman–Crippen LogP) is 1.50. The number of carboxylic acids is 1. The van der Waals surface area contributed by atoms with E-state index in [9.17, 15) is 9.59 Å². The smallest absolute Gasteiger partial charge is 0.376 e. The molecule has 0 fully saturated rings. The molecule has 84 valence electrons.